The van der Waals surface area contributed by atoms with Gasteiger partial charge in [-0.15, -0.1) is 0 Å². The van der Waals surface area contributed by atoms with Crippen LogP contribution in [-0.4, -0.2) is 35.2 Å². The fourth-order valence-corrected chi connectivity index (χ4v) is 3.25. The molecule has 0 radical (unpaired) electrons. The topological polar surface area (TPSA) is 40.6 Å². The van der Waals surface area contributed by atoms with Crippen LogP contribution in [0.15, 0.2) is 84.9 Å². The maximum atomic E-state index is 13.0. The molecule has 0 aliphatic heterocycles. The summed E-state index contributed by atoms with van der Waals surface area (Å²) in [5.41, 5.74) is 3.19. The van der Waals surface area contributed by atoms with Crippen molar-refractivity contribution in [1.82, 2.24) is 9.80 Å². The van der Waals surface area contributed by atoms with Crippen LogP contribution in [0.25, 0.3) is 0 Å². The first-order valence-electron chi connectivity index (χ1n) is 9.81. The Bertz CT molecular complexity index is 955. The number of hydrogen-bond acceptors (Lipinski definition) is 2. The molecule has 0 N–H and O–H groups in total. The monoisotopic (exact) mass is 386 g/mol. The van der Waals surface area contributed by atoms with Gasteiger partial charge in [-0.05, 0) is 36.2 Å². The summed E-state index contributed by atoms with van der Waals surface area (Å²) in [6.07, 6.45) is 0. The fourth-order valence-electron chi connectivity index (χ4n) is 3.25. The second kappa shape index (κ2) is 9.69. The van der Waals surface area contributed by atoms with Gasteiger partial charge >= 0.3 is 0 Å². The van der Waals surface area contributed by atoms with Gasteiger partial charge in [-0.25, -0.2) is 0 Å². The SMILES string of the molecule is CCN(Cc1ccccc1)C(=O)c1cccc(C(=O)N(C)Cc2ccccc2)c1. The molecule has 0 bridgehead atoms. The highest BCUT2D eigenvalue weighted by molar-refractivity contribution is 5.99. The Hall–Kier alpha value is -3.40. The molecule has 29 heavy (non-hydrogen) atoms. The van der Waals surface area contributed by atoms with E-state index in [-0.39, 0.29) is 11.8 Å². The summed E-state index contributed by atoms with van der Waals surface area (Å²) in [7, 11) is 1.78. The number of rotatable bonds is 7. The van der Waals surface area contributed by atoms with Gasteiger partial charge in [0.05, 0.1) is 0 Å². The smallest absolute Gasteiger partial charge is 0.254 e. The third-order valence-electron chi connectivity index (χ3n) is 4.85. The van der Waals surface area contributed by atoms with E-state index in [2.05, 4.69) is 0 Å². The lowest BCUT2D eigenvalue weighted by Crippen LogP contribution is -2.31. The first kappa shape index (κ1) is 20.3. The van der Waals surface area contributed by atoms with Crippen molar-refractivity contribution in [2.45, 2.75) is 20.0 Å². The first-order valence-corrected chi connectivity index (χ1v) is 9.81. The van der Waals surface area contributed by atoms with Gasteiger partial charge in [-0.2, -0.15) is 0 Å². The minimum atomic E-state index is -0.102. The highest BCUT2D eigenvalue weighted by atomic mass is 16.2. The van der Waals surface area contributed by atoms with Crippen molar-refractivity contribution >= 4 is 11.8 Å². The third kappa shape index (κ3) is 5.32. The minimum Gasteiger partial charge on any atom is -0.337 e. The summed E-state index contributed by atoms with van der Waals surface area (Å²) in [4.78, 5) is 29.3. The number of hydrogen-bond donors (Lipinski definition) is 0. The van der Waals surface area contributed by atoms with Crippen LogP contribution in [-0.2, 0) is 13.1 Å². The van der Waals surface area contributed by atoms with Crippen LogP contribution in [0.1, 0.15) is 38.8 Å². The molecular weight excluding hydrogens is 360 g/mol. The average Bonchev–Trinajstić information content (AvgIpc) is 2.78. The van der Waals surface area contributed by atoms with E-state index in [1.807, 2.05) is 67.6 Å². The quantitative estimate of drug-likeness (QED) is 0.594. The zero-order chi connectivity index (χ0) is 20.6. The molecule has 148 valence electrons. The van der Waals surface area contributed by atoms with E-state index in [0.29, 0.717) is 30.8 Å². The van der Waals surface area contributed by atoms with Gasteiger partial charge in [0.1, 0.15) is 0 Å². The summed E-state index contributed by atoms with van der Waals surface area (Å²) in [5.74, 6) is -0.175. The van der Waals surface area contributed by atoms with Gasteiger partial charge in [0.25, 0.3) is 11.8 Å². The molecule has 3 aromatic rings. The van der Waals surface area contributed by atoms with Crippen LogP contribution < -0.4 is 0 Å². The largest absolute Gasteiger partial charge is 0.337 e. The van der Waals surface area contributed by atoms with E-state index < -0.39 is 0 Å². The van der Waals surface area contributed by atoms with Gasteiger partial charge < -0.3 is 9.80 Å². The molecule has 0 spiro atoms. The molecule has 0 aromatic heterocycles. The summed E-state index contributed by atoms with van der Waals surface area (Å²) >= 11 is 0. The van der Waals surface area contributed by atoms with Gasteiger partial charge in [0.15, 0.2) is 0 Å². The van der Waals surface area contributed by atoms with Crippen molar-refractivity contribution in [2.75, 3.05) is 13.6 Å². The molecule has 0 heterocycles. The van der Waals surface area contributed by atoms with Crippen LogP contribution in [0.2, 0.25) is 0 Å². The molecule has 0 aliphatic carbocycles. The second-order valence-corrected chi connectivity index (χ2v) is 7.03. The molecule has 0 aliphatic rings. The highest BCUT2D eigenvalue weighted by Crippen LogP contribution is 2.14. The second-order valence-electron chi connectivity index (χ2n) is 7.03. The molecule has 3 rings (SSSR count). The van der Waals surface area contributed by atoms with Gasteiger partial charge in [0.2, 0.25) is 0 Å². The van der Waals surface area contributed by atoms with E-state index in [9.17, 15) is 9.59 Å². The molecule has 4 heteroatoms. The predicted octanol–water partition coefficient (Wildman–Crippen LogP) is 4.62. The Labute approximate surface area is 172 Å². The van der Waals surface area contributed by atoms with Crippen molar-refractivity contribution in [3.05, 3.63) is 107 Å². The fraction of sp³-hybridized carbons (Fsp3) is 0.200. The Morgan fingerprint density at radius 3 is 1.76 bits per heavy atom. The number of nitrogens with zero attached hydrogens (tertiary/aromatic N) is 2. The van der Waals surface area contributed by atoms with Crippen LogP contribution >= 0.6 is 0 Å². The van der Waals surface area contributed by atoms with Crippen molar-refractivity contribution in [2.24, 2.45) is 0 Å². The maximum Gasteiger partial charge on any atom is 0.254 e. The summed E-state index contributed by atoms with van der Waals surface area (Å²) in [6, 6.07) is 26.8. The van der Waals surface area contributed by atoms with E-state index in [0.717, 1.165) is 11.1 Å². The molecule has 3 aromatic carbocycles. The standard InChI is InChI=1S/C25H26N2O2/c1-3-27(19-21-13-8-5-9-14-21)25(29)23-16-10-15-22(17-23)24(28)26(2)18-20-11-6-4-7-12-20/h4-17H,3,18-19H2,1-2H3. The van der Waals surface area contributed by atoms with E-state index in [1.165, 1.54) is 0 Å². The summed E-state index contributed by atoms with van der Waals surface area (Å²) < 4.78 is 0. The molecule has 4 nitrogen and oxygen atoms in total. The number of carbonyl (C=O) groups excluding carboxylic acids is 2. The Morgan fingerprint density at radius 2 is 1.21 bits per heavy atom. The Morgan fingerprint density at radius 1 is 0.690 bits per heavy atom. The van der Waals surface area contributed by atoms with Crippen LogP contribution in [0.3, 0.4) is 0 Å². The third-order valence-corrected chi connectivity index (χ3v) is 4.85. The van der Waals surface area contributed by atoms with Gasteiger partial charge in [0, 0.05) is 37.8 Å². The lowest BCUT2D eigenvalue weighted by atomic mass is 10.1. The molecule has 0 fully saturated rings. The zero-order valence-corrected chi connectivity index (χ0v) is 16.9. The Balaban J connectivity index is 1.73. The molecule has 0 saturated carbocycles. The molecular formula is C25H26N2O2. The van der Waals surface area contributed by atoms with Crippen molar-refractivity contribution in [1.29, 1.82) is 0 Å². The predicted molar refractivity (Wildman–Crippen MR) is 116 cm³/mol. The number of amides is 2. The first-order chi connectivity index (χ1) is 14.1. The normalized spacial score (nSPS) is 10.4. The van der Waals surface area contributed by atoms with E-state index in [1.54, 1.807) is 41.1 Å². The molecule has 0 atom stereocenters. The van der Waals surface area contributed by atoms with E-state index in [4.69, 9.17) is 0 Å². The van der Waals surface area contributed by atoms with Crippen molar-refractivity contribution in [3.8, 4) is 0 Å². The number of benzene rings is 3. The maximum absolute atomic E-state index is 13.0. The number of carbonyl (C=O) groups is 2. The molecule has 0 unspecified atom stereocenters. The van der Waals surface area contributed by atoms with Crippen LogP contribution in [0, 0.1) is 0 Å². The molecule has 0 saturated heterocycles. The van der Waals surface area contributed by atoms with Crippen LogP contribution in [0.5, 0.6) is 0 Å². The van der Waals surface area contributed by atoms with E-state index >= 15 is 0 Å². The van der Waals surface area contributed by atoms with Crippen molar-refractivity contribution < 1.29 is 9.59 Å². The van der Waals surface area contributed by atoms with Crippen LogP contribution in [0.4, 0.5) is 0 Å². The minimum absolute atomic E-state index is 0.0725. The van der Waals surface area contributed by atoms with Gasteiger partial charge in [-0.1, -0.05) is 66.7 Å². The lowest BCUT2D eigenvalue weighted by molar-refractivity contribution is 0.0752. The highest BCUT2D eigenvalue weighted by Gasteiger charge is 2.18. The van der Waals surface area contributed by atoms with Crippen molar-refractivity contribution in [3.63, 3.8) is 0 Å². The lowest BCUT2D eigenvalue weighted by Gasteiger charge is -2.22. The summed E-state index contributed by atoms with van der Waals surface area (Å²) in [6.45, 7) is 3.62. The zero-order valence-electron chi connectivity index (χ0n) is 16.9. The average molecular weight is 386 g/mol. The summed E-state index contributed by atoms with van der Waals surface area (Å²) in [5, 5.41) is 0. The van der Waals surface area contributed by atoms with Gasteiger partial charge in [-0.3, -0.25) is 9.59 Å². The molecule has 2 amide bonds. The Kier molecular flexibility index (Phi) is 6.80.